The van der Waals surface area contributed by atoms with Crippen LogP contribution >= 0.6 is 11.8 Å². The second-order valence-corrected chi connectivity index (χ2v) is 6.79. The number of phenolic OH excluding ortho intramolecular Hbond substituents is 1. The minimum atomic E-state index is -0.0220. The second-order valence-electron chi connectivity index (χ2n) is 5.74. The van der Waals surface area contributed by atoms with E-state index in [1.54, 1.807) is 17.8 Å². The largest absolute Gasteiger partial charge is 0.504 e. The summed E-state index contributed by atoms with van der Waals surface area (Å²) in [7, 11) is 0. The number of benzene rings is 2. The van der Waals surface area contributed by atoms with Gasteiger partial charge in [-0.25, -0.2) is 0 Å². The van der Waals surface area contributed by atoms with Crippen LogP contribution in [0.1, 0.15) is 24.5 Å². The molecule has 0 aromatic heterocycles. The van der Waals surface area contributed by atoms with Gasteiger partial charge in [0.1, 0.15) is 0 Å². The molecule has 0 aliphatic carbocycles. The van der Waals surface area contributed by atoms with Gasteiger partial charge in [-0.1, -0.05) is 18.2 Å². The van der Waals surface area contributed by atoms with Gasteiger partial charge in [-0.05, 0) is 49.2 Å². The van der Waals surface area contributed by atoms with Gasteiger partial charge in [0.05, 0.1) is 6.61 Å². The quantitative estimate of drug-likeness (QED) is 0.608. The summed E-state index contributed by atoms with van der Waals surface area (Å²) in [5, 5.41) is 13.3. The maximum Gasteiger partial charge on any atom is 0.247 e. The minimum absolute atomic E-state index is 0.0220. The average molecular weight is 355 g/mol. The number of amides is 1. The third-order valence-corrected chi connectivity index (χ3v) is 4.99. The standard InChI is InChI=1S/C20H21NO3S/c1-2-24-18-12-14(10-15-8-9-21-20(15)23)11-16(19(18)22)13-25-17-6-4-3-5-7-17/h3-7,10-12,22H,2,8-9,13H2,1H3,(H,21,23)/b15-10-. The number of rotatable bonds is 6. The molecule has 1 aliphatic heterocycles. The van der Waals surface area contributed by atoms with Crippen LogP contribution in [0.25, 0.3) is 6.08 Å². The Morgan fingerprint density at radius 1 is 1.28 bits per heavy atom. The fraction of sp³-hybridized carbons (Fsp3) is 0.250. The van der Waals surface area contributed by atoms with Crippen molar-refractivity contribution >= 4 is 23.7 Å². The third kappa shape index (κ3) is 4.37. The predicted octanol–water partition coefficient (Wildman–Crippen LogP) is 3.99. The van der Waals surface area contributed by atoms with Crippen molar-refractivity contribution in [2.24, 2.45) is 0 Å². The molecule has 0 saturated carbocycles. The molecule has 0 unspecified atom stereocenters. The molecule has 2 N–H and O–H groups in total. The number of ether oxygens (including phenoxy) is 1. The first-order chi connectivity index (χ1) is 12.2. The van der Waals surface area contributed by atoms with E-state index in [1.807, 2.05) is 49.4 Å². The van der Waals surface area contributed by atoms with E-state index in [9.17, 15) is 9.90 Å². The fourth-order valence-corrected chi connectivity index (χ4v) is 3.59. The van der Waals surface area contributed by atoms with E-state index < -0.39 is 0 Å². The highest BCUT2D eigenvalue weighted by Gasteiger charge is 2.17. The summed E-state index contributed by atoms with van der Waals surface area (Å²) in [5.41, 5.74) is 2.43. The van der Waals surface area contributed by atoms with E-state index in [1.165, 1.54) is 0 Å². The molecular weight excluding hydrogens is 334 g/mol. The third-order valence-electron chi connectivity index (χ3n) is 3.93. The number of thioether (sulfide) groups is 1. The van der Waals surface area contributed by atoms with Crippen LogP contribution in [0.2, 0.25) is 0 Å². The zero-order valence-electron chi connectivity index (χ0n) is 14.1. The zero-order valence-corrected chi connectivity index (χ0v) is 14.9. The fourth-order valence-electron chi connectivity index (χ4n) is 2.70. The smallest absolute Gasteiger partial charge is 0.247 e. The van der Waals surface area contributed by atoms with E-state index in [4.69, 9.17) is 4.74 Å². The maximum atomic E-state index is 11.8. The molecule has 0 atom stereocenters. The van der Waals surface area contributed by atoms with Gasteiger partial charge in [-0.3, -0.25) is 4.79 Å². The van der Waals surface area contributed by atoms with Crippen LogP contribution in [-0.4, -0.2) is 24.2 Å². The molecule has 0 spiro atoms. The lowest BCUT2D eigenvalue weighted by molar-refractivity contribution is -0.116. The van der Waals surface area contributed by atoms with Crippen LogP contribution in [0.5, 0.6) is 11.5 Å². The molecule has 4 nitrogen and oxygen atoms in total. The van der Waals surface area contributed by atoms with Crippen LogP contribution in [0, 0.1) is 0 Å². The summed E-state index contributed by atoms with van der Waals surface area (Å²) in [5.74, 6) is 1.23. The van der Waals surface area contributed by atoms with Gasteiger partial charge >= 0.3 is 0 Å². The second kappa shape index (κ2) is 8.12. The van der Waals surface area contributed by atoms with Crippen molar-refractivity contribution in [3.63, 3.8) is 0 Å². The SMILES string of the molecule is CCOc1cc(/C=C2/CCNC2=O)cc(CSc2ccccc2)c1O. The van der Waals surface area contributed by atoms with E-state index in [0.717, 1.165) is 28.0 Å². The lowest BCUT2D eigenvalue weighted by atomic mass is 10.1. The first-order valence-electron chi connectivity index (χ1n) is 8.32. The molecule has 5 heteroatoms. The number of nitrogens with one attached hydrogen (secondary N) is 1. The molecule has 2 aromatic carbocycles. The molecule has 1 aliphatic rings. The van der Waals surface area contributed by atoms with Crippen molar-refractivity contribution in [1.82, 2.24) is 5.32 Å². The van der Waals surface area contributed by atoms with Gasteiger partial charge < -0.3 is 15.2 Å². The molecule has 3 rings (SSSR count). The van der Waals surface area contributed by atoms with E-state index >= 15 is 0 Å². The molecule has 1 amide bonds. The Labute approximate surface area is 151 Å². The van der Waals surface area contributed by atoms with Crippen molar-refractivity contribution in [1.29, 1.82) is 0 Å². The van der Waals surface area contributed by atoms with Crippen LogP contribution in [0.4, 0.5) is 0 Å². The van der Waals surface area contributed by atoms with E-state index in [2.05, 4.69) is 5.32 Å². The monoisotopic (exact) mass is 355 g/mol. The van der Waals surface area contributed by atoms with Gasteiger partial charge in [-0.15, -0.1) is 11.8 Å². The van der Waals surface area contributed by atoms with Gasteiger partial charge in [0.2, 0.25) is 5.91 Å². The molecule has 1 fully saturated rings. The van der Waals surface area contributed by atoms with Gasteiger partial charge in [-0.2, -0.15) is 0 Å². The highest BCUT2D eigenvalue weighted by Crippen LogP contribution is 2.36. The van der Waals surface area contributed by atoms with E-state index in [0.29, 0.717) is 24.7 Å². The summed E-state index contributed by atoms with van der Waals surface area (Å²) in [4.78, 5) is 12.9. The first-order valence-corrected chi connectivity index (χ1v) is 9.31. The number of carbonyl (C=O) groups is 1. The lowest BCUT2D eigenvalue weighted by Crippen LogP contribution is -2.13. The Kier molecular flexibility index (Phi) is 5.66. The highest BCUT2D eigenvalue weighted by molar-refractivity contribution is 7.98. The van der Waals surface area contributed by atoms with E-state index in [-0.39, 0.29) is 11.7 Å². The lowest BCUT2D eigenvalue weighted by Gasteiger charge is -2.12. The molecule has 25 heavy (non-hydrogen) atoms. The van der Waals surface area contributed by atoms with Crippen molar-refractivity contribution < 1.29 is 14.6 Å². The summed E-state index contributed by atoms with van der Waals surface area (Å²) in [6, 6.07) is 13.8. The predicted molar refractivity (Wildman–Crippen MR) is 101 cm³/mol. The Morgan fingerprint density at radius 2 is 2.08 bits per heavy atom. The summed E-state index contributed by atoms with van der Waals surface area (Å²) in [6.45, 7) is 3.03. The van der Waals surface area contributed by atoms with Gasteiger partial charge in [0, 0.05) is 28.3 Å². The van der Waals surface area contributed by atoms with Crippen LogP contribution in [0.3, 0.4) is 0 Å². The zero-order chi connectivity index (χ0) is 17.6. The Balaban J connectivity index is 1.88. The van der Waals surface area contributed by atoms with Crippen LogP contribution in [-0.2, 0) is 10.5 Å². The molecule has 0 bridgehead atoms. The number of phenols is 1. The van der Waals surface area contributed by atoms with Crippen molar-refractivity contribution in [2.75, 3.05) is 13.2 Å². The summed E-state index contributed by atoms with van der Waals surface area (Å²) >= 11 is 1.65. The van der Waals surface area contributed by atoms with Crippen LogP contribution in [0.15, 0.2) is 52.9 Å². The first kappa shape index (κ1) is 17.4. The topological polar surface area (TPSA) is 58.6 Å². The number of hydrogen-bond donors (Lipinski definition) is 2. The normalized spacial score (nSPS) is 15.4. The molecule has 2 aromatic rings. The molecule has 1 heterocycles. The maximum absolute atomic E-state index is 11.8. The molecule has 0 radical (unpaired) electrons. The Hall–Kier alpha value is -2.40. The highest BCUT2D eigenvalue weighted by atomic mass is 32.2. The molecule has 130 valence electrons. The Bertz CT molecular complexity index is 787. The number of hydrogen-bond acceptors (Lipinski definition) is 4. The van der Waals surface area contributed by atoms with Crippen LogP contribution < -0.4 is 10.1 Å². The van der Waals surface area contributed by atoms with Crippen molar-refractivity contribution in [2.45, 2.75) is 24.0 Å². The number of aromatic hydroxyl groups is 1. The minimum Gasteiger partial charge on any atom is -0.504 e. The van der Waals surface area contributed by atoms with Crippen molar-refractivity contribution in [3.8, 4) is 11.5 Å². The summed E-state index contributed by atoms with van der Waals surface area (Å²) < 4.78 is 5.57. The summed E-state index contributed by atoms with van der Waals surface area (Å²) in [6.07, 6.45) is 2.60. The number of carbonyl (C=O) groups excluding carboxylic acids is 1. The van der Waals surface area contributed by atoms with Crippen molar-refractivity contribution in [3.05, 3.63) is 59.2 Å². The van der Waals surface area contributed by atoms with Gasteiger partial charge in [0.25, 0.3) is 0 Å². The molecular formula is C20H21NO3S. The van der Waals surface area contributed by atoms with Gasteiger partial charge in [0.15, 0.2) is 11.5 Å². The average Bonchev–Trinajstić information content (AvgIpc) is 3.02. The molecule has 1 saturated heterocycles. The Morgan fingerprint density at radius 3 is 2.76 bits per heavy atom.